The molecule has 1 aliphatic heterocycles. The molecule has 0 saturated carbocycles. The van der Waals surface area contributed by atoms with E-state index in [2.05, 4.69) is 5.32 Å². The van der Waals surface area contributed by atoms with Crippen molar-refractivity contribution in [2.45, 2.75) is 25.3 Å². The molecule has 6 heteroatoms. The van der Waals surface area contributed by atoms with Gasteiger partial charge in [-0.3, -0.25) is 0 Å². The predicted molar refractivity (Wildman–Crippen MR) is 62.2 cm³/mol. The van der Waals surface area contributed by atoms with E-state index in [9.17, 15) is 8.42 Å². The van der Waals surface area contributed by atoms with Crippen LogP contribution in [-0.4, -0.2) is 57.4 Å². The quantitative estimate of drug-likeness (QED) is 0.600. The number of aliphatic hydroxyl groups is 1. The van der Waals surface area contributed by atoms with Crippen LogP contribution in [0, 0.1) is 0 Å². The summed E-state index contributed by atoms with van der Waals surface area (Å²) in [4.78, 5) is 0. The standard InChI is InChI=1S/C10H21NO4S/c12-5-7-15-6-2-4-11-10-3-1-8-16(13,14)9-10/h10-12H,1-9H2. The van der Waals surface area contributed by atoms with Crippen molar-refractivity contribution in [1.82, 2.24) is 5.32 Å². The van der Waals surface area contributed by atoms with Gasteiger partial charge < -0.3 is 15.2 Å². The molecule has 0 radical (unpaired) electrons. The minimum Gasteiger partial charge on any atom is -0.394 e. The van der Waals surface area contributed by atoms with Crippen molar-refractivity contribution < 1.29 is 18.3 Å². The number of nitrogens with one attached hydrogen (secondary N) is 1. The molecule has 1 heterocycles. The van der Waals surface area contributed by atoms with Crippen LogP contribution < -0.4 is 5.32 Å². The van der Waals surface area contributed by atoms with Gasteiger partial charge in [0.1, 0.15) is 0 Å². The minimum absolute atomic E-state index is 0.0499. The van der Waals surface area contributed by atoms with E-state index in [4.69, 9.17) is 9.84 Å². The van der Waals surface area contributed by atoms with Gasteiger partial charge in [0.2, 0.25) is 0 Å². The van der Waals surface area contributed by atoms with E-state index in [1.807, 2.05) is 0 Å². The predicted octanol–water partition coefficient (Wildman–Crippen LogP) is -0.448. The molecule has 0 aliphatic carbocycles. The largest absolute Gasteiger partial charge is 0.394 e. The molecular weight excluding hydrogens is 230 g/mol. The summed E-state index contributed by atoms with van der Waals surface area (Å²) in [6.45, 7) is 1.80. The summed E-state index contributed by atoms with van der Waals surface area (Å²) < 4.78 is 27.8. The zero-order valence-electron chi connectivity index (χ0n) is 9.52. The Morgan fingerprint density at radius 1 is 1.38 bits per heavy atom. The Balaban J connectivity index is 2.04. The average Bonchev–Trinajstić information content (AvgIpc) is 2.22. The van der Waals surface area contributed by atoms with Crippen LogP contribution >= 0.6 is 0 Å². The smallest absolute Gasteiger partial charge is 0.151 e. The Labute approximate surface area is 97.1 Å². The third kappa shape index (κ3) is 5.79. The lowest BCUT2D eigenvalue weighted by Gasteiger charge is -2.22. The lowest BCUT2D eigenvalue weighted by atomic mass is 10.2. The van der Waals surface area contributed by atoms with E-state index >= 15 is 0 Å². The molecular formula is C10H21NO4S. The molecule has 0 amide bonds. The van der Waals surface area contributed by atoms with Crippen molar-refractivity contribution in [3.8, 4) is 0 Å². The molecule has 16 heavy (non-hydrogen) atoms. The average molecular weight is 251 g/mol. The van der Waals surface area contributed by atoms with Gasteiger partial charge in [0.25, 0.3) is 0 Å². The highest BCUT2D eigenvalue weighted by atomic mass is 32.2. The first-order valence-electron chi connectivity index (χ1n) is 5.76. The fourth-order valence-corrected chi connectivity index (χ4v) is 3.50. The van der Waals surface area contributed by atoms with E-state index in [1.165, 1.54) is 0 Å². The topological polar surface area (TPSA) is 75.6 Å². The monoisotopic (exact) mass is 251 g/mol. The lowest BCUT2D eigenvalue weighted by molar-refractivity contribution is 0.0904. The summed E-state index contributed by atoms with van der Waals surface area (Å²) in [5.74, 6) is 0.606. The first-order valence-corrected chi connectivity index (χ1v) is 7.58. The molecule has 1 fully saturated rings. The number of hydrogen-bond acceptors (Lipinski definition) is 5. The first kappa shape index (κ1) is 13.9. The number of aliphatic hydroxyl groups excluding tert-OH is 1. The number of ether oxygens (including phenoxy) is 1. The van der Waals surface area contributed by atoms with Crippen LogP contribution in [0.1, 0.15) is 19.3 Å². The Morgan fingerprint density at radius 3 is 2.88 bits per heavy atom. The van der Waals surface area contributed by atoms with Crippen LogP contribution in [0.5, 0.6) is 0 Å². The molecule has 0 spiro atoms. The molecule has 0 aromatic carbocycles. The van der Waals surface area contributed by atoms with Crippen LogP contribution in [0.2, 0.25) is 0 Å². The third-order valence-electron chi connectivity index (χ3n) is 2.60. The Morgan fingerprint density at radius 2 is 2.19 bits per heavy atom. The number of sulfone groups is 1. The number of hydrogen-bond donors (Lipinski definition) is 2. The van der Waals surface area contributed by atoms with Crippen molar-refractivity contribution in [2.75, 3.05) is 37.9 Å². The zero-order chi connectivity index (χ0) is 11.9. The summed E-state index contributed by atoms with van der Waals surface area (Å²) in [5.41, 5.74) is 0. The molecule has 96 valence electrons. The fraction of sp³-hybridized carbons (Fsp3) is 1.00. The van der Waals surface area contributed by atoms with Gasteiger partial charge in [-0.15, -0.1) is 0 Å². The summed E-state index contributed by atoms with van der Waals surface area (Å²) in [5, 5.41) is 11.7. The molecule has 1 saturated heterocycles. The molecule has 1 unspecified atom stereocenters. The summed E-state index contributed by atoms with van der Waals surface area (Å²) in [6, 6.07) is 0.108. The molecule has 1 atom stereocenters. The Kier molecular flexibility index (Phi) is 6.26. The molecule has 0 bridgehead atoms. The van der Waals surface area contributed by atoms with E-state index < -0.39 is 9.84 Å². The lowest BCUT2D eigenvalue weighted by Crippen LogP contribution is -2.40. The van der Waals surface area contributed by atoms with Gasteiger partial charge in [-0.25, -0.2) is 8.42 Å². The number of rotatable bonds is 7. The SMILES string of the molecule is O=S1(=O)CCCC(NCCCOCCO)C1. The Hall–Kier alpha value is -0.170. The van der Waals surface area contributed by atoms with Gasteiger partial charge in [0, 0.05) is 12.6 Å². The van der Waals surface area contributed by atoms with Gasteiger partial charge in [-0.2, -0.15) is 0 Å². The van der Waals surface area contributed by atoms with Gasteiger partial charge in [-0.05, 0) is 25.8 Å². The highest BCUT2D eigenvalue weighted by Gasteiger charge is 2.23. The first-order chi connectivity index (χ1) is 7.64. The normalized spacial score (nSPS) is 24.4. The maximum absolute atomic E-state index is 11.3. The maximum atomic E-state index is 11.3. The van der Waals surface area contributed by atoms with E-state index in [1.54, 1.807) is 0 Å². The highest BCUT2D eigenvalue weighted by Crippen LogP contribution is 2.11. The second-order valence-corrected chi connectivity index (χ2v) is 6.33. The van der Waals surface area contributed by atoms with Crippen LogP contribution in [0.4, 0.5) is 0 Å². The van der Waals surface area contributed by atoms with Crippen molar-refractivity contribution in [3.63, 3.8) is 0 Å². The van der Waals surface area contributed by atoms with Crippen molar-refractivity contribution in [2.24, 2.45) is 0 Å². The molecule has 1 aliphatic rings. The van der Waals surface area contributed by atoms with E-state index in [-0.39, 0.29) is 18.4 Å². The fourth-order valence-electron chi connectivity index (χ4n) is 1.83. The molecule has 0 aromatic rings. The van der Waals surface area contributed by atoms with Crippen LogP contribution in [0.25, 0.3) is 0 Å². The van der Waals surface area contributed by atoms with Crippen molar-refractivity contribution >= 4 is 9.84 Å². The highest BCUT2D eigenvalue weighted by molar-refractivity contribution is 7.91. The second-order valence-electron chi connectivity index (χ2n) is 4.10. The van der Waals surface area contributed by atoms with Crippen LogP contribution in [0.15, 0.2) is 0 Å². The zero-order valence-corrected chi connectivity index (χ0v) is 10.3. The van der Waals surface area contributed by atoms with Gasteiger partial charge in [-0.1, -0.05) is 0 Å². The minimum atomic E-state index is -2.81. The summed E-state index contributed by atoms with van der Waals surface area (Å²) in [7, 11) is -2.81. The summed E-state index contributed by atoms with van der Waals surface area (Å²) in [6.07, 6.45) is 2.55. The van der Waals surface area contributed by atoms with E-state index in [0.29, 0.717) is 19.0 Å². The van der Waals surface area contributed by atoms with Crippen LogP contribution in [-0.2, 0) is 14.6 Å². The Bertz CT molecular complexity index is 279. The molecule has 0 aromatic heterocycles. The van der Waals surface area contributed by atoms with E-state index in [0.717, 1.165) is 25.8 Å². The third-order valence-corrected chi connectivity index (χ3v) is 4.42. The molecule has 2 N–H and O–H groups in total. The van der Waals surface area contributed by atoms with Gasteiger partial charge in [0.15, 0.2) is 9.84 Å². The van der Waals surface area contributed by atoms with Gasteiger partial charge >= 0.3 is 0 Å². The second kappa shape index (κ2) is 7.21. The molecule has 1 rings (SSSR count). The molecule has 5 nitrogen and oxygen atoms in total. The van der Waals surface area contributed by atoms with Gasteiger partial charge in [0.05, 0.1) is 24.7 Å². The van der Waals surface area contributed by atoms with Crippen molar-refractivity contribution in [1.29, 1.82) is 0 Å². The summed E-state index contributed by atoms with van der Waals surface area (Å²) >= 11 is 0. The maximum Gasteiger partial charge on any atom is 0.151 e. The van der Waals surface area contributed by atoms with Crippen molar-refractivity contribution in [3.05, 3.63) is 0 Å². The van der Waals surface area contributed by atoms with Crippen LogP contribution in [0.3, 0.4) is 0 Å².